The van der Waals surface area contributed by atoms with Crippen molar-refractivity contribution in [2.24, 2.45) is 11.7 Å². The number of hydrogen-bond donors (Lipinski definition) is 3. The minimum Gasteiger partial charge on any atom is -0.353 e. The molecular weight excluding hydrogens is 365 g/mol. The first kappa shape index (κ1) is 26.6. The van der Waals surface area contributed by atoms with Crippen LogP contribution in [0.3, 0.4) is 0 Å². The van der Waals surface area contributed by atoms with Gasteiger partial charge in [-0.15, -0.1) is 24.8 Å². The first-order valence-electron chi connectivity index (χ1n) is 8.50. The Balaban J connectivity index is 0. The molecule has 4 N–H and O–H groups in total. The molecule has 1 aliphatic rings. The number of amides is 2. The second kappa shape index (κ2) is 13.6. The number of halogens is 2. The van der Waals surface area contributed by atoms with E-state index in [9.17, 15) is 9.59 Å². The number of likely N-dealkylation sites (tertiary alicyclic amines) is 1. The third-order valence-electron chi connectivity index (χ3n) is 4.48. The van der Waals surface area contributed by atoms with Gasteiger partial charge < -0.3 is 26.2 Å². The van der Waals surface area contributed by atoms with Crippen LogP contribution in [-0.4, -0.2) is 80.5 Å². The van der Waals surface area contributed by atoms with Crippen LogP contribution < -0.4 is 16.4 Å². The topological polar surface area (TPSA) is 90.7 Å². The maximum atomic E-state index is 11.7. The van der Waals surface area contributed by atoms with Gasteiger partial charge in [-0.1, -0.05) is 13.8 Å². The van der Waals surface area contributed by atoms with Crippen molar-refractivity contribution in [1.29, 1.82) is 0 Å². The molecule has 1 saturated heterocycles. The lowest BCUT2D eigenvalue weighted by molar-refractivity contribution is -0.127. The minimum atomic E-state index is -0.569. The number of nitrogens with zero attached hydrogens (tertiary/aromatic N) is 2. The number of hydrogen-bond acceptors (Lipinski definition) is 5. The summed E-state index contributed by atoms with van der Waals surface area (Å²) in [6.45, 7) is 7.34. The summed E-state index contributed by atoms with van der Waals surface area (Å²) in [5.74, 6) is -0.387. The first-order valence-corrected chi connectivity index (χ1v) is 8.50. The van der Waals surface area contributed by atoms with Gasteiger partial charge in [0.05, 0.1) is 12.6 Å². The van der Waals surface area contributed by atoms with Crippen molar-refractivity contribution < 1.29 is 9.59 Å². The van der Waals surface area contributed by atoms with Gasteiger partial charge in [-0.05, 0) is 45.9 Å². The normalized spacial score (nSPS) is 16.8. The molecule has 0 aromatic carbocycles. The summed E-state index contributed by atoms with van der Waals surface area (Å²) in [6, 6.07) is 0.0991. The average Bonchev–Trinajstić information content (AvgIpc) is 2.52. The quantitative estimate of drug-likeness (QED) is 0.537. The Morgan fingerprint density at radius 2 is 1.72 bits per heavy atom. The summed E-state index contributed by atoms with van der Waals surface area (Å²) >= 11 is 0. The van der Waals surface area contributed by atoms with Gasteiger partial charge in [-0.2, -0.15) is 0 Å². The van der Waals surface area contributed by atoms with Gasteiger partial charge in [0.2, 0.25) is 11.8 Å². The van der Waals surface area contributed by atoms with E-state index < -0.39 is 6.04 Å². The summed E-state index contributed by atoms with van der Waals surface area (Å²) in [5, 5.41) is 5.42. The highest BCUT2D eigenvalue weighted by Crippen LogP contribution is 2.13. The van der Waals surface area contributed by atoms with Crippen LogP contribution in [0.4, 0.5) is 0 Å². The first-order chi connectivity index (χ1) is 10.8. The fourth-order valence-electron chi connectivity index (χ4n) is 2.66. The number of nitrogens with two attached hydrogens (primary N) is 1. The molecule has 25 heavy (non-hydrogen) atoms. The summed E-state index contributed by atoms with van der Waals surface area (Å²) in [7, 11) is 4.25. The van der Waals surface area contributed by atoms with Crippen molar-refractivity contribution in [3.8, 4) is 0 Å². The molecule has 0 aliphatic carbocycles. The lowest BCUT2D eigenvalue weighted by atomic mass is 10.0. The van der Waals surface area contributed by atoms with E-state index in [2.05, 4.69) is 34.5 Å². The Morgan fingerprint density at radius 1 is 1.16 bits per heavy atom. The summed E-state index contributed by atoms with van der Waals surface area (Å²) in [4.78, 5) is 28.0. The SMILES string of the molecule is CC(C)[C@H](N)C(=O)NCC(=O)NCCN1CCC(N(C)C)CC1.Cl.Cl. The fraction of sp³-hybridized carbons (Fsp3) is 0.875. The lowest BCUT2D eigenvalue weighted by Crippen LogP contribution is -2.48. The Kier molecular flexibility index (Phi) is 14.5. The molecule has 0 radical (unpaired) electrons. The van der Waals surface area contributed by atoms with Gasteiger partial charge in [-0.3, -0.25) is 9.59 Å². The van der Waals surface area contributed by atoms with Crippen LogP contribution in [0.25, 0.3) is 0 Å². The number of piperidine rings is 1. The molecule has 0 saturated carbocycles. The molecule has 1 aliphatic heterocycles. The van der Waals surface area contributed by atoms with Gasteiger partial charge in [0.15, 0.2) is 0 Å². The van der Waals surface area contributed by atoms with Crippen LogP contribution in [0.1, 0.15) is 26.7 Å². The van der Waals surface area contributed by atoms with Crippen LogP contribution in [0.5, 0.6) is 0 Å². The van der Waals surface area contributed by atoms with Crippen molar-refractivity contribution in [2.45, 2.75) is 38.8 Å². The number of rotatable bonds is 8. The summed E-state index contributed by atoms with van der Waals surface area (Å²) < 4.78 is 0. The molecular formula is C16H35Cl2N5O2. The third kappa shape index (κ3) is 10.2. The Hall–Kier alpha value is -0.600. The number of carbonyl (C=O) groups excluding carboxylic acids is 2. The van der Waals surface area contributed by atoms with E-state index in [1.165, 1.54) is 12.8 Å². The molecule has 9 heteroatoms. The fourth-order valence-corrected chi connectivity index (χ4v) is 2.66. The van der Waals surface area contributed by atoms with E-state index in [4.69, 9.17) is 5.73 Å². The second-order valence-electron chi connectivity index (χ2n) is 6.87. The monoisotopic (exact) mass is 399 g/mol. The molecule has 0 spiro atoms. The van der Waals surface area contributed by atoms with E-state index >= 15 is 0 Å². The van der Waals surface area contributed by atoms with E-state index in [1.54, 1.807) is 0 Å². The molecule has 1 atom stereocenters. The molecule has 0 aromatic rings. The van der Waals surface area contributed by atoms with Crippen molar-refractivity contribution in [2.75, 3.05) is 46.8 Å². The minimum absolute atomic E-state index is 0. The lowest BCUT2D eigenvalue weighted by Gasteiger charge is -2.35. The number of carbonyl (C=O) groups is 2. The molecule has 0 bridgehead atoms. The maximum Gasteiger partial charge on any atom is 0.239 e. The van der Waals surface area contributed by atoms with Gasteiger partial charge in [-0.25, -0.2) is 0 Å². The zero-order chi connectivity index (χ0) is 17.4. The molecule has 7 nitrogen and oxygen atoms in total. The highest BCUT2D eigenvalue weighted by atomic mass is 35.5. The van der Waals surface area contributed by atoms with Gasteiger partial charge >= 0.3 is 0 Å². The number of nitrogens with one attached hydrogen (secondary N) is 2. The van der Waals surface area contributed by atoms with E-state index in [1.807, 2.05) is 13.8 Å². The van der Waals surface area contributed by atoms with E-state index in [0.717, 1.165) is 19.6 Å². The van der Waals surface area contributed by atoms with Gasteiger partial charge in [0, 0.05) is 19.1 Å². The largest absolute Gasteiger partial charge is 0.353 e. The van der Waals surface area contributed by atoms with Crippen molar-refractivity contribution in [3.63, 3.8) is 0 Å². The molecule has 1 rings (SSSR count). The van der Waals surface area contributed by atoms with Crippen LogP contribution in [0.2, 0.25) is 0 Å². The zero-order valence-corrected chi connectivity index (χ0v) is 17.4. The van der Waals surface area contributed by atoms with Crippen molar-refractivity contribution in [1.82, 2.24) is 20.4 Å². The van der Waals surface area contributed by atoms with Crippen molar-refractivity contribution >= 4 is 36.6 Å². The Bertz CT molecular complexity index is 389. The highest BCUT2D eigenvalue weighted by molar-refractivity contribution is 5.87. The Labute approximate surface area is 164 Å². The van der Waals surface area contributed by atoms with Crippen LogP contribution in [0.15, 0.2) is 0 Å². The molecule has 150 valence electrons. The van der Waals surface area contributed by atoms with E-state index in [0.29, 0.717) is 12.6 Å². The molecule has 1 heterocycles. The third-order valence-corrected chi connectivity index (χ3v) is 4.48. The summed E-state index contributed by atoms with van der Waals surface area (Å²) in [5.41, 5.74) is 5.72. The maximum absolute atomic E-state index is 11.7. The zero-order valence-electron chi connectivity index (χ0n) is 15.8. The van der Waals surface area contributed by atoms with E-state index in [-0.39, 0.29) is 49.1 Å². The predicted octanol–water partition coefficient (Wildman–Crippen LogP) is 0.0717. The van der Waals surface area contributed by atoms with Crippen molar-refractivity contribution in [3.05, 3.63) is 0 Å². The predicted molar refractivity (Wildman–Crippen MR) is 106 cm³/mol. The smallest absolute Gasteiger partial charge is 0.239 e. The highest BCUT2D eigenvalue weighted by Gasteiger charge is 2.20. The van der Waals surface area contributed by atoms with Crippen LogP contribution in [0, 0.1) is 5.92 Å². The molecule has 2 amide bonds. The molecule has 1 fully saturated rings. The van der Waals surface area contributed by atoms with Gasteiger partial charge in [0.1, 0.15) is 0 Å². The summed E-state index contributed by atoms with van der Waals surface area (Å²) in [6.07, 6.45) is 2.34. The molecule has 0 unspecified atom stereocenters. The molecule has 0 aromatic heterocycles. The van der Waals surface area contributed by atoms with Crippen LogP contribution >= 0.6 is 24.8 Å². The second-order valence-corrected chi connectivity index (χ2v) is 6.87. The van der Waals surface area contributed by atoms with Gasteiger partial charge in [0.25, 0.3) is 0 Å². The average molecular weight is 400 g/mol. The standard InChI is InChI=1S/C16H33N5O2.2ClH/c1-12(2)15(17)16(23)19-11-14(22)18-7-10-21-8-5-13(6-9-21)20(3)4;;/h12-13,15H,5-11,17H2,1-4H3,(H,18,22)(H,19,23);2*1H/t15-;;/m0../s1. The Morgan fingerprint density at radius 3 is 2.20 bits per heavy atom. The van der Waals surface area contributed by atoms with Crippen LogP contribution in [-0.2, 0) is 9.59 Å².